The lowest BCUT2D eigenvalue weighted by atomic mass is 10.0. The van der Waals surface area contributed by atoms with Crippen LogP contribution in [0.25, 0.3) is 17.7 Å². The second kappa shape index (κ2) is 10.2. The Hall–Kier alpha value is -3.45. The standard InChI is InChI=1S/C22H23FN2O4/c1-14(2)24-22(27)18(17-9-10-20(29-3)19(23)13-17)12-16-6-4-15(5-7-16)8-11-21(26)25-28/h4-14,28H,1-3H3,(H,24,27)(H,25,26). The fourth-order valence-corrected chi connectivity index (χ4v) is 2.53. The van der Waals surface area contributed by atoms with Crippen LogP contribution in [0, 0.1) is 5.82 Å². The molecule has 152 valence electrons. The van der Waals surface area contributed by atoms with Crippen molar-refractivity contribution in [1.82, 2.24) is 10.8 Å². The van der Waals surface area contributed by atoms with Crippen LogP contribution in [0.3, 0.4) is 0 Å². The van der Waals surface area contributed by atoms with Crippen molar-refractivity contribution < 1.29 is 23.9 Å². The summed E-state index contributed by atoms with van der Waals surface area (Å²) in [6.07, 6.45) is 4.38. The normalized spacial score (nSPS) is 11.6. The van der Waals surface area contributed by atoms with Gasteiger partial charge in [-0.3, -0.25) is 14.8 Å². The summed E-state index contributed by atoms with van der Waals surface area (Å²) in [5.74, 6) is -1.42. The van der Waals surface area contributed by atoms with E-state index in [1.54, 1.807) is 36.4 Å². The van der Waals surface area contributed by atoms with Crippen LogP contribution < -0.4 is 15.5 Å². The summed E-state index contributed by atoms with van der Waals surface area (Å²) in [4.78, 5) is 23.7. The fraction of sp³-hybridized carbons (Fsp3) is 0.182. The minimum Gasteiger partial charge on any atom is -0.494 e. The maximum Gasteiger partial charge on any atom is 0.267 e. The molecule has 0 heterocycles. The van der Waals surface area contributed by atoms with Crippen molar-refractivity contribution in [2.45, 2.75) is 19.9 Å². The second-order valence-electron chi connectivity index (χ2n) is 6.51. The van der Waals surface area contributed by atoms with Crippen molar-refractivity contribution in [3.8, 4) is 5.75 Å². The summed E-state index contributed by atoms with van der Waals surface area (Å²) in [6.45, 7) is 3.68. The third-order valence-corrected chi connectivity index (χ3v) is 3.91. The first-order valence-electron chi connectivity index (χ1n) is 8.92. The van der Waals surface area contributed by atoms with Gasteiger partial charge in [0, 0.05) is 17.7 Å². The smallest absolute Gasteiger partial charge is 0.267 e. The molecule has 2 aromatic carbocycles. The number of hydroxylamine groups is 1. The molecule has 7 heteroatoms. The minimum absolute atomic E-state index is 0.0841. The van der Waals surface area contributed by atoms with Gasteiger partial charge in [-0.15, -0.1) is 0 Å². The zero-order valence-corrected chi connectivity index (χ0v) is 16.4. The molecule has 0 aliphatic carbocycles. The minimum atomic E-state index is -0.636. The Bertz CT molecular complexity index is 934. The molecule has 6 nitrogen and oxygen atoms in total. The van der Waals surface area contributed by atoms with Crippen LogP contribution in [0.2, 0.25) is 0 Å². The first kappa shape index (κ1) is 21.8. The molecule has 2 aromatic rings. The molecular formula is C22H23FN2O4. The summed E-state index contributed by atoms with van der Waals surface area (Å²) in [6, 6.07) is 11.3. The highest BCUT2D eigenvalue weighted by molar-refractivity contribution is 6.24. The van der Waals surface area contributed by atoms with Crippen LogP contribution in [-0.4, -0.2) is 30.2 Å². The Morgan fingerprint density at radius 2 is 1.76 bits per heavy atom. The average Bonchev–Trinajstić information content (AvgIpc) is 2.70. The van der Waals surface area contributed by atoms with E-state index < -0.39 is 11.7 Å². The highest BCUT2D eigenvalue weighted by Crippen LogP contribution is 2.25. The lowest BCUT2D eigenvalue weighted by Crippen LogP contribution is -2.30. The van der Waals surface area contributed by atoms with E-state index in [1.807, 2.05) is 13.8 Å². The molecule has 0 aromatic heterocycles. The van der Waals surface area contributed by atoms with Crippen LogP contribution in [0.4, 0.5) is 4.39 Å². The molecule has 0 unspecified atom stereocenters. The summed E-state index contributed by atoms with van der Waals surface area (Å²) in [5, 5.41) is 11.3. The van der Waals surface area contributed by atoms with Crippen molar-refractivity contribution in [2.75, 3.05) is 7.11 Å². The highest BCUT2D eigenvalue weighted by Gasteiger charge is 2.15. The number of benzene rings is 2. The van der Waals surface area contributed by atoms with Gasteiger partial charge in [-0.05, 0) is 54.8 Å². The number of carbonyl (C=O) groups is 2. The van der Waals surface area contributed by atoms with E-state index in [4.69, 9.17) is 9.94 Å². The van der Waals surface area contributed by atoms with Gasteiger partial charge in [-0.25, -0.2) is 9.87 Å². The zero-order valence-electron chi connectivity index (χ0n) is 16.4. The van der Waals surface area contributed by atoms with Gasteiger partial charge >= 0.3 is 0 Å². The number of methoxy groups -OCH3 is 1. The Kier molecular flexibility index (Phi) is 7.68. The number of hydrogen-bond acceptors (Lipinski definition) is 4. The Morgan fingerprint density at radius 3 is 2.31 bits per heavy atom. The SMILES string of the molecule is COc1ccc(C(=Cc2ccc(C=CC(=O)NO)cc2)C(=O)NC(C)C)cc1F. The Balaban J connectivity index is 2.39. The molecule has 0 saturated heterocycles. The van der Waals surface area contributed by atoms with E-state index in [0.717, 1.165) is 11.1 Å². The number of nitrogens with one attached hydrogen (secondary N) is 2. The van der Waals surface area contributed by atoms with Gasteiger partial charge in [0.1, 0.15) is 0 Å². The van der Waals surface area contributed by atoms with Crippen molar-refractivity contribution in [3.05, 3.63) is 71.0 Å². The number of carbonyl (C=O) groups excluding carboxylic acids is 2. The van der Waals surface area contributed by atoms with Gasteiger partial charge in [0.25, 0.3) is 11.8 Å². The van der Waals surface area contributed by atoms with Gasteiger partial charge in [-0.2, -0.15) is 0 Å². The number of halogens is 1. The lowest BCUT2D eigenvalue weighted by Gasteiger charge is -2.13. The highest BCUT2D eigenvalue weighted by atomic mass is 19.1. The van der Waals surface area contributed by atoms with E-state index in [2.05, 4.69) is 5.32 Å². The maximum atomic E-state index is 14.2. The van der Waals surface area contributed by atoms with Gasteiger partial charge in [0.15, 0.2) is 11.6 Å². The molecular weight excluding hydrogens is 375 g/mol. The molecule has 2 amide bonds. The van der Waals surface area contributed by atoms with E-state index in [9.17, 15) is 14.0 Å². The molecule has 0 radical (unpaired) electrons. The monoisotopic (exact) mass is 398 g/mol. The van der Waals surface area contributed by atoms with Crippen LogP contribution in [0.5, 0.6) is 5.75 Å². The Labute approximate surface area is 168 Å². The number of ether oxygens (including phenoxy) is 1. The van der Waals surface area contributed by atoms with Crippen molar-refractivity contribution in [1.29, 1.82) is 0 Å². The Morgan fingerprint density at radius 1 is 1.10 bits per heavy atom. The van der Waals surface area contributed by atoms with Crippen molar-refractivity contribution in [2.24, 2.45) is 0 Å². The van der Waals surface area contributed by atoms with E-state index >= 15 is 0 Å². The average molecular weight is 398 g/mol. The van der Waals surface area contributed by atoms with Crippen molar-refractivity contribution >= 4 is 29.5 Å². The van der Waals surface area contributed by atoms with Crippen LogP contribution >= 0.6 is 0 Å². The van der Waals surface area contributed by atoms with Crippen LogP contribution in [0.15, 0.2) is 48.5 Å². The lowest BCUT2D eigenvalue weighted by molar-refractivity contribution is -0.124. The molecule has 3 N–H and O–H groups in total. The number of amides is 2. The first-order chi connectivity index (χ1) is 13.8. The largest absolute Gasteiger partial charge is 0.494 e. The predicted molar refractivity (Wildman–Crippen MR) is 110 cm³/mol. The number of hydrogen-bond donors (Lipinski definition) is 3. The molecule has 0 atom stereocenters. The second-order valence-corrected chi connectivity index (χ2v) is 6.51. The molecule has 0 aliphatic heterocycles. The summed E-state index contributed by atoms with van der Waals surface area (Å²) >= 11 is 0. The molecule has 0 aliphatic rings. The zero-order chi connectivity index (χ0) is 21.4. The quantitative estimate of drug-likeness (QED) is 0.289. The topological polar surface area (TPSA) is 87.7 Å². The van der Waals surface area contributed by atoms with Gasteiger partial charge in [-0.1, -0.05) is 30.3 Å². The first-order valence-corrected chi connectivity index (χ1v) is 8.92. The third-order valence-electron chi connectivity index (χ3n) is 3.91. The van der Waals surface area contributed by atoms with Crippen molar-refractivity contribution in [3.63, 3.8) is 0 Å². The third kappa shape index (κ3) is 6.29. The fourth-order valence-electron chi connectivity index (χ4n) is 2.53. The maximum absolute atomic E-state index is 14.2. The molecule has 0 saturated carbocycles. The molecule has 0 spiro atoms. The number of rotatable bonds is 7. The molecule has 0 fully saturated rings. The van der Waals surface area contributed by atoms with E-state index in [1.165, 1.54) is 36.9 Å². The van der Waals surface area contributed by atoms with E-state index in [0.29, 0.717) is 11.1 Å². The molecule has 2 rings (SSSR count). The van der Waals surface area contributed by atoms with E-state index in [-0.39, 0.29) is 17.7 Å². The van der Waals surface area contributed by atoms with Gasteiger partial charge < -0.3 is 10.1 Å². The summed E-state index contributed by atoms with van der Waals surface area (Å²) < 4.78 is 19.1. The van der Waals surface area contributed by atoms with Gasteiger partial charge in [0.2, 0.25) is 0 Å². The van der Waals surface area contributed by atoms with Crippen LogP contribution in [-0.2, 0) is 9.59 Å². The summed E-state index contributed by atoms with van der Waals surface area (Å²) in [7, 11) is 1.38. The summed E-state index contributed by atoms with van der Waals surface area (Å²) in [5.41, 5.74) is 3.69. The van der Waals surface area contributed by atoms with Crippen LogP contribution in [0.1, 0.15) is 30.5 Å². The predicted octanol–water partition coefficient (Wildman–Crippen LogP) is 3.42. The van der Waals surface area contributed by atoms with Gasteiger partial charge in [0.05, 0.1) is 7.11 Å². The molecule has 29 heavy (non-hydrogen) atoms. The molecule has 0 bridgehead atoms.